The molecule has 0 aromatic heterocycles. The van der Waals surface area contributed by atoms with Crippen LogP contribution in [0.15, 0.2) is 121 Å². The number of allylic oxidation sites excluding steroid dienone is 6. The van der Waals surface area contributed by atoms with E-state index in [1.807, 2.05) is 12.1 Å². The van der Waals surface area contributed by atoms with Gasteiger partial charge in [0.2, 0.25) is 0 Å². The summed E-state index contributed by atoms with van der Waals surface area (Å²) >= 11 is 2.39. The molecule has 3 aromatic rings. The van der Waals surface area contributed by atoms with E-state index < -0.39 is 0 Å². The van der Waals surface area contributed by atoms with Gasteiger partial charge in [-0.3, -0.25) is 0 Å². The second-order valence-corrected chi connectivity index (χ2v) is 10.9. The Morgan fingerprint density at radius 1 is 0.634 bits per heavy atom. The molecule has 0 bridgehead atoms. The van der Waals surface area contributed by atoms with Gasteiger partial charge in [0.25, 0.3) is 0 Å². The summed E-state index contributed by atoms with van der Waals surface area (Å²) in [4.78, 5) is 0. The van der Waals surface area contributed by atoms with Crippen LogP contribution in [0.4, 0.5) is 0 Å². The molecule has 0 saturated heterocycles. The van der Waals surface area contributed by atoms with E-state index in [2.05, 4.69) is 146 Å². The van der Waals surface area contributed by atoms with Gasteiger partial charge in [0, 0.05) is 0 Å². The molecule has 3 aromatic carbocycles. The van der Waals surface area contributed by atoms with E-state index in [9.17, 15) is 0 Å². The number of rotatable bonds is 5. The first-order valence-electron chi connectivity index (χ1n) is 14.4. The molecule has 2 aliphatic rings. The molecule has 2 aliphatic carbocycles. The van der Waals surface area contributed by atoms with Crippen molar-refractivity contribution in [1.29, 1.82) is 0 Å². The van der Waals surface area contributed by atoms with E-state index in [-0.39, 0.29) is 0 Å². The van der Waals surface area contributed by atoms with Crippen LogP contribution in [0.2, 0.25) is 0 Å². The Morgan fingerprint density at radius 3 is 1.51 bits per heavy atom. The van der Waals surface area contributed by atoms with Gasteiger partial charge in [-0.15, -0.1) is 0 Å². The van der Waals surface area contributed by atoms with Crippen molar-refractivity contribution in [3.8, 4) is 0 Å². The predicted octanol–water partition coefficient (Wildman–Crippen LogP) is 9.78. The van der Waals surface area contributed by atoms with E-state index in [0.717, 1.165) is 28.9 Å². The standard InChI is InChI=1S/C18H18.C13H13.3C2H6N.Ti/c1(5-11-17-13-7-3-8-14-17)2-6-12-18-15-9-4-10-16-18;1-3-7-12-10(5-1)9-11-6-2-4-8-13(11)12;3*1-3-2;/h1-10,13-16H,11-12H2;1,3-5,7-9,11,13H,2,6H2;3*1-2H3;/q;;3*-1;+3. The first-order valence-corrected chi connectivity index (χ1v) is 15.3. The summed E-state index contributed by atoms with van der Waals surface area (Å²) < 4.78 is 0.765. The minimum absolute atomic E-state index is 0.718. The summed E-state index contributed by atoms with van der Waals surface area (Å²) in [6.07, 6.45) is 18.1. The van der Waals surface area contributed by atoms with Gasteiger partial charge in [-0.05, 0) is 24.0 Å². The molecule has 0 N–H and O–H groups in total. The zero-order valence-corrected chi connectivity index (χ0v) is 27.5. The molecule has 3 atom stereocenters. The average Bonchev–Trinajstić information content (AvgIpc) is 3.30. The third-order valence-electron chi connectivity index (χ3n) is 6.37. The van der Waals surface area contributed by atoms with Crippen LogP contribution in [-0.4, -0.2) is 42.3 Å². The Hall–Kier alpha value is -2.53. The van der Waals surface area contributed by atoms with Gasteiger partial charge in [-0.2, -0.15) is 42.3 Å². The van der Waals surface area contributed by atoms with Crippen molar-refractivity contribution in [3.05, 3.63) is 160 Å². The SMILES string of the molecule is C(C=CCc1ccccc1)=CCc1ccccc1.C[N-]C.C[N-]C.C[N-]C.[Ti+3][CH]1c2ccccc2C2C=CCCC12. The van der Waals surface area contributed by atoms with Gasteiger partial charge in [-0.1, -0.05) is 85.0 Å². The van der Waals surface area contributed by atoms with Crippen molar-refractivity contribution in [2.24, 2.45) is 5.92 Å². The minimum atomic E-state index is 0.718. The summed E-state index contributed by atoms with van der Waals surface area (Å²) in [5, 5.41) is 10.5. The van der Waals surface area contributed by atoms with Crippen molar-refractivity contribution in [3.63, 3.8) is 0 Å². The summed E-state index contributed by atoms with van der Waals surface area (Å²) in [5.41, 5.74) is 5.88. The fourth-order valence-corrected chi connectivity index (χ4v) is 5.68. The molecule has 0 amide bonds. The fraction of sp³-hybridized carbons (Fsp3) is 0.351. The quantitative estimate of drug-likeness (QED) is 0.163. The number of fused-ring (bicyclic) bond motifs is 3. The Balaban J connectivity index is 0.000000323. The van der Waals surface area contributed by atoms with Gasteiger partial charge in [0.15, 0.2) is 0 Å². The third kappa shape index (κ3) is 14.8. The Kier molecular flexibility index (Phi) is 21.5. The van der Waals surface area contributed by atoms with Gasteiger partial charge >= 0.3 is 96.9 Å². The van der Waals surface area contributed by atoms with Crippen molar-refractivity contribution in [1.82, 2.24) is 0 Å². The summed E-state index contributed by atoms with van der Waals surface area (Å²) in [6, 6.07) is 30.0. The molecule has 4 heteroatoms. The van der Waals surface area contributed by atoms with E-state index in [0.29, 0.717) is 0 Å². The zero-order chi connectivity index (χ0) is 30.1. The molecule has 41 heavy (non-hydrogen) atoms. The average molecular weight is 584 g/mol. The molecule has 216 valence electrons. The van der Waals surface area contributed by atoms with Crippen LogP contribution in [-0.2, 0) is 33.3 Å². The molecule has 3 nitrogen and oxygen atoms in total. The Bertz CT molecular complexity index is 1060. The van der Waals surface area contributed by atoms with Gasteiger partial charge in [0.05, 0.1) is 0 Å². The van der Waals surface area contributed by atoms with Crippen LogP contribution in [0, 0.1) is 5.92 Å². The van der Waals surface area contributed by atoms with E-state index in [4.69, 9.17) is 0 Å². The molecule has 0 aliphatic heterocycles. The van der Waals surface area contributed by atoms with Gasteiger partial charge < -0.3 is 16.0 Å². The van der Waals surface area contributed by atoms with Crippen molar-refractivity contribution in [2.75, 3.05) is 42.3 Å². The third-order valence-corrected chi connectivity index (χ3v) is 7.52. The Morgan fingerprint density at radius 2 is 1.05 bits per heavy atom. The van der Waals surface area contributed by atoms with Crippen molar-refractivity contribution < 1.29 is 20.4 Å². The number of hydrogen-bond donors (Lipinski definition) is 0. The summed E-state index contributed by atoms with van der Waals surface area (Å²) in [7, 11) is 10.5. The number of benzene rings is 3. The van der Waals surface area contributed by atoms with Crippen LogP contribution in [0.25, 0.3) is 16.0 Å². The van der Waals surface area contributed by atoms with Crippen molar-refractivity contribution >= 4 is 0 Å². The molecule has 0 heterocycles. The van der Waals surface area contributed by atoms with Crippen LogP contribution < -0.4 is 0 Å². The molecular formula is C37H49N3Ti. The molecule has 0 radical (unpaired) electrons. The molecule has 0 saturated carbocycles. The summed E-state index contributed by atoms with van der Waals surface area (Å²) in [6.45, 7) is 0. The molecule has 0 spiro atoms. The Labute approximate surface area is 263 Å². The second-order valence-electron chi connectivity index (χ2n) is 9.88. The first kappa shape index (κ1) is 36.5. The van der Waals surface area contributed by atoms with Crippen LogP contribution >= 0.6 is 0 Å². The van der Waals surface area contributed by atoms with E-state index >= 15 is 0 Å². The fourth-order valence-electron chi connectivity index (χ4n) is 4.68. The van der Waals surface area contributed by atoms with Crippen LogP contribution in [0.5, 0.6) is 0 Å². The maximum absolute atomic E-state index is 3.50. The van der Waals surface area contributed by atoms with Gasteiger partial charge in [0.1, 0.15) is 0 Å². The molecule has 3 unspecified atom stereocenters. The first-order chi connectivity index (χ1) is 20.1. The van der Waals surface area contributed by atoms with E-state index in [1.165, 1.54) is 24.0 Å². The molecular weight excluding hydrogens is 534 g/mol. The topological polar surface area (TPSA) is 42.3 Å². The van der Waals surface area contributed by atoms with Crippen LogP contribution in [0.3, 0.4) is 0 Å². The summed E-state index contributed by atoms with van der Waals surface area (Å²) in [5.74, 6) is 1.59. The number of nitrogens with zero attached hydrogens (tertiary/aromatic N) is 3. The van der Waals surface area contributed by atoms with Gasteiger partial charge in [-0.25, -0.2) is 0 Å². The van der Waals surface area contributed by atoms with Crippen LogP contribution in [0.1, 0.15) is 45.2 Å². The zero-order valence-electron chi connectivity index (χ0n) is 25.9. The molecule has 0 fully saturated rings. The monoisotopic (exact) mass is 583 g/mol. The normalized spacial score (nSPS) is 17.9. The number of hydrogen-bond acceptors (Lipinski definition) is 0. The maximum atomic E-state index is 3.50. The van der Waals surface area contributed by atoms with E-state index in [1.54, 1.807) is 53.4 Å². The van der Waals surface area contributed by atoms with Crippen molar-refractivity contribution in [2.45, 2.75) is 35.8 Å². The molecule has 5 rings (SSSR count). The second kappa shape index (κ2) is 24.1. The predicted molar refractivity (Wildman–Crippen MR) is 178 cm³/mol.